The highest BCUT2D eigenvalue weighted by Crippen LogP contribution is 2.46. The standard InChI is InChI=1S/C14H20FNO/c1-13(2,15)12(9-14(16)6-7-14)10-4-3-5-11(17)8-10/h3-5,8,12,17H,6-7,9,16H2,1-2H3. The van der Waals surface area contributed by atoms with Crippen LogP contribution >= 0.6 is 0 Å². The Balaban J connectivity index is 2.26. The van der Waals surface area contributed by atoms with Crippen molar-refractivity contribution < 1.29 is 9.50 Å². The van der Waals surface area contributed by atoms with Crippen LogP contribution in [0, 0.1) is 0 Å². The van der Waals surface area contributed by atoms with Gasteiger partial charge in [-0.1, -0.05) is 12.1 Å². The summed E-state index contributed by atoms with van der Waals surface area (Å²) in [6.07, 6.45) is 2.58. The maximum atomic E-state index is 14.3. The molecule has 1 aromatic carbocycles. The van der Waals surface area contributed by atoms with Gasteiger partial charge in [0, 0.05) is 11.5 Å². The summed E-state index contributed by atoms with van der Waals surface area (Å²) in [4.78, 5) is 0. The largest absolute Gasteiger partial charge is 0.508 e. The van der Waals surface area contributed by atoms with Crippen LogP contribution in [0.4, 0.5) is 4.39 Å². The molecule has 1 aliphatic carbocycles. The molecule has 0 heterocycles. The first-order valence-corrected chi connectivity index (χ1v) is 6.07. The summed E-state index contributed by atoms with van der Waals surface area (Å²) in [7, 11) is 0. The molecule has 0 aromatic heterocycles. The van der Waals surface area contributed by atoms with Crippen LogP contribution in [0.2, 0.25) is 0 Å². The highest BCUT2D eigenvalue weighted by atomic mass is 19.1. The van der Waals surface area contributed by atoms with Crippen molar-refractivity contribution in [2.75, 3.05) is 0 Å². The number of rotatable bonds is 4. The average Bonchev–Trinajstić information content (AvgIpc) is 2.92. The van der Waals surface area contributed by atoms with Crippen LogP contribution in [0.3, 0.4) is 0 Å². The van der Waals surface area contributed by atoms with E-state index in [9.17, 15) is 9.50 Å². The van der Waals surface area contributed by atoms with Crippen LogP contribution in [0.5, 0.6) is 5.75 Å². The van der Waals surface area contributed by atoms with Gasteiger partial charge in [0.15, 0.2) is 0 Å². The molecule has 1 saturated carbocycles. The minimum absolute atomic E-state index is 0.179. The molecule has 1 atom stereocenters. The normalized spacial score (nSPS) is 20.0. The second-order valence-electron chi connectivity index (χ2n) is 5.78. The molecule has 94 valence electrons. The second-order valence-corrected chi connectivity index (χ2v) is 5.78. The molecule has 3 heteroatoms. The van der Waals surface area contributed by atoms with Crippen LogP contribution in [0.25, 0.3) is 0 Å². The lowest BCUT2D eigenvalue weighted by molar-refractivity contribution is 0.157. The van der Waals surface area contributed by atoms with Gasteiger partial charge < -0.3 is 10.8 Å². The Labute approximate surface area is 102 Å². The van der Waals surface area contributed by atoms with Crippen molar-refractivity contribution in [2.45, 2.75) is 50.2 Å². The molecule has 0 spiro atoms. The van der Waals surface area contributed by atoms with E-state index in [0.717, 1.165) is 18.4 Å². The first-order valence-electron chi connectivity index (χ1n) is 6.07. The second kappa shape index (κ2) is 3.98. The Bertz CT molecular complexity index is 407. The molecule has 0 aliphatic heterocycles. The van der Waals surface area contributed by atoms with Gasteiger partial charge in [0.1, 0.15) is 11.4 Å². The summed E-state index contributed by atoms with van der Waals surface area (Å²) in [5, 5.41) is 9.49. The zero-order valence-corrected chi connectivity index (χ0v) is 10.4. The highest BCUT2D eigenvalue weighted by molar-refractivity contribution is 5.32. The molecule has 0 bridgehead atoms. The summed E-state index contributed by atoms with van der Waals surface area (Å²) in [5.41, 5.74) is 5.39. The SMILES string of the molecule is CC(C)(F)C(CC1(N)CC1)c1cccc(O)c1. The number of hydrogen-bond donors (Lipinski definition) is 2. The lowest BCUT2D eigenvalue weighted by Gasteiger charge is -2.30. The van der Waals surface area contributed by atoms with Crippen LogP contribution in [0.15, 0.2) is 24.3 Å². The smallest absolute Gasteiger partial charge is 0.115 e. The van der Waals surface area contributed by atoms with E-state index in [-0.39, 0.29) is 17.2 Å². The molecule has 1 aliphatic rings. The Morgan fingerprint density at radius 2 is 2.12 bits per heavy atom. The molecule has 2 nitrogen and oxygen atoms in total. The molecular weight excluding hydrogens is 217 g/mol. The van der Waals surface area contributed by atoms with Gasteiger partial charge >= 0.3 is 0 Å². The van der Waals surface area contributed by atoms with Crippen LogP contribution < -0.4 is 5.73 Å². The third kappa shape index (κ3) is 2.97. The van der Waals surface area contributed by atoms with Gasteiger partial charge in [0.2, 0.25) is 0 Å². The van der Waals surface area contributed by atoms with E-state index < -0.39 is 5.67 Å². The van der Waals surface area contributed by atoms with Crippen molar-refractivity contribution in [3.63, 3.8) is 0 Å². The summed E-state index contributed by atoms with van der Waals surface area (Å²) in [5.74, 6) is -0.0827. The lowest BCUT2D eigenvalue weighted by Crippen LogP contribution is -2.32. The van der Waals surface area contributed by atoms with Crippen molar-refractivity contribution in [3.8, 4) is 5.75 Å². The summed E-state index contributed by atoms with van der Waals surface area (Å²) < 4.78 is 14.3. The maximum absolute atomic E-state index is 14.3. The molecule has 1 aromatic rings. The molecule has 2 rings (SSSR count). The van der Waals surface area contributed by atoms with Gasteiger partial charge in [0.25, 0.3) is 0 Å². The third-order valence-electron chi connectivity index (χ3n) is 3.60. The minimum Gasteiger partial charge on any atom is -0.508 e. The fourth-order valence-electron chi connectivity index (χ4n) is 2.27. The topological polar surface area (TPSA) is 46.2 Å². The molecule has 1 unspecified atom stereocenters. The van der Waals surface area contributed by atoms with Crippen LogP contribution in [-0.2, 0) is 0 Å². The van der Waals surface area contributed by atoms with Crippen LogP contribution in [-0.4, -0.2) is 16.3 Å². The van der Waals surface area contributed by atoms with Crippen molar-refractivity contribution >= 4 is 0 Å². The maximum Gasteiger partial charge on any atom is 0.115 e. The molecule has 0 amide bonds. The number of benzene rings is 1. The Morgan fingerprint density at radius 1 is 1.47 bits per heavy atom. The predicted molar refractivity (Wildman–Crippen MR) is 66.8 cm³/mol. The molecule has 0 saturated heterocycles. The number of aromatic hydroxyl groups is 1. The number of halogens is 1. The lowest BCUT2D eigenvalue weighted by atomic mass is 9.80. The van der Waals surface area contributed by atoms with Crippen molar-refractivity contribution in [1.29, 1.82) is 0 Å². The summed E-state index contributed by atoms with van der Waals surface area (Å²) in [6.45, 7) is 3.15. The minimum atomic E-state index is -1.33. The fourth-order valence-corrected chi connectivity index (χ4v) is 2.27. The third-order valence-corrected chi connectivity index (χ3v) is 3.60. The number of phenolic OH excluding ortho intramolecular Hbond substituents is 1. The first-order chi connectivity index (χ1) is 7.80. The number of phenols is 1. The Kier molecular flexibility index (Phi) is 2.90. The highest BCUT2D eigenvalue weighted by Gasteiger charge is 2.44. The van der Waals surface area contributed by atoms with Crippen LogP contribution in [0.1, 0.15) is 44.6 Å². The van der Waals surface area contributed by atoms with Gasteiger partial charge in [-0.2, -0.15) is 0 Å². The van der Waals surface area contributed by atoms with Crippen molar-refractivity contribution in [2.24, 2.45) is 5.73 Å². The first kappa shape index (κ1) is 12.4. The van der Waals surface area contributed by atoms with Gasteiger partial charge in [-0.15, -0.1) is 0 Å². The zero-order chi connectivity index (χ0) is 12.7. The monoisotopic (exact) mass is 237 g/mol. The van der Waals surface area contributed by atoms with E-state index in [1.165, 1.54) is 0 Å². The molecule has 17 heavy (non-hydrogen) atoms. The predicted octanol–water partition coefficient (Wildman–Crippen LogP) is 3.11. The van der Waals surface area contributed by atoms with E-state index in [1.54, 1.807) is 32.0 Å². The molecule has 3 N–H and O–H groups in total. The number of alkyl halides is 1. The summed E-state index contributed by atoms with van der Waals surface area (Å²) >= 11 is 0. The Morgan fingerprint density at radius 3 is 2.59 bits per heavy atom. The van der Waals surface area contributed by atoms with Gasteiger partial charge in [-0.25, -0.2) is 4.39 Å². The number of hydrogen-bond acceptors (Lipinski definition) is 2. The van der Waals surface area contributed by atoms with E-state index in [2.05, 4.69) is 0 Å². The molecule has 0 radical (unpaired) electrons. The van der Waals surface area contributed by atoms with Crippen molar-refractivity contribution in [1.82, 2.24) is 0 Å². The van der Waals surface area contributed by atoms with Crippen molar-refractivity contribution in [3.05, 3.63) is 29.8 Å². The number of nitrogens with two attached hydrogens (primary N) is 1. The summed E-state index contributed by atoms with van der Waals surface area (Å²) in [6, 6.07) is 6.84. The Hall–Kier alpha value is -1.09. The zero-order valence-electron chi connectivity index (χ0n) is 10.4. The van der Waals surface area contributed by atoms with Gasteiger partial charge in [-0.05, 0) is 50.8 Å². The van der Waals surface area contributed by atoms with Gasteiger partial charge in [-0.3, -0.25) is 0 Å². The molecule has 1 fully saturated rings. The van der Waals surface area contributed by atoms with Gasteiger partial charge in [0.05, 0.1) is 0 Å². The van der Waals surface area contributed by atoms with E-state index in [0.29, 0.717) is 6.42 Å². The molecular formula is C14H20FNO. The average molecular weight is 237 g/mol. The van der Waals surface area contributed by atoms with E-state index in [4.69, 9.17) is 5.73 Å². The van der Waals surface area contributed by atoms with E-state index in [1.807, 2.05) is 6.07 Å². The fraction of sp³-hybridized carbons (Fsp3) is 0.571. The van der Waals surface area contributed by atoms with E-state index >= 15 is 0 Å². The quantitative estimate of drug-likeness (QED) is 0.845.